The number of hydrogen-bond acceptors (Lipinski definition) is 5. The van der Waals surface area contributed by atoms with Crippen LogP contribution in [0, 0.1) is 12.8 Å². The standard InChI is InChI=1S/C22H23N3O2S2/c1-15-19(29-21(24-15)18-8-5-13-28-18)22(27)25-11-9-17(10-12-25)20(26)23-14-16-6-3-2-4-7-16/h2-8,13,17H,9-12,14H2,1H3,(H,23,26). The predicted octanol–water partition coefficient (Wildman–Crippen LogP) is 4.35. The minimum Gasteiger partial charge on any atom is -0.352 e. The molecule has 0 spiro atoms. The third-order valence-corrected chi connectivity index (χ3v) is 7.37. The van der Waals surface area contributed by atoms with Gasteiger partial charge in [-0.25, -0.2) is 4.98 Å². The summed E-state index contributed by atoms with van der Waals surface area (Å²) in [5, 5.41) is 5.94. The van der Waals surface area contributed by atoms with E-state index in [2.05, 4.69) is 10.3 Å². The molecule has 2 aromatic heterocycles. The summed E-state index contributed by atoms with van der Waals surface area (Å²) < 4.78 is 0. The summed E-state index contributed by atoms with van der Waals surface area (Å²) in [5.41, 5.74) is 1.88. The van der Waals surface area contributed by atoms with Crippen molar-refractivity contribution in [3.8, 4) is 9.88 Å². The van der Waals surface area contributed by atoms with Gasteiger partial charge in [0, 0.05) is 25.6 Å². The Labute approximate surface area is 178 Å². The molecule has 7 heteroatoms. The van der Waals surface area contributed by atoms with Crippen LogP contribution in [0.1, 0.15) is 33.8 Å². The molecule has 0 aliphatic carbocycles. The molecule has 4 rings (SSSR count). The summed E-state index contributed by atoms with van der Waals surface area (Å²) in [4.78, 5) is 33.7. The number of hydrogen-bond donors (Lipinski definition) is 1. The molecular formula is C22H23N3O2S2. The van der Waals surface area contributed by atoms with Crippen molar-refractivity contribution < 1.29 is 9.59 Å². The Bertz CT molecular complexity index is 975. The molecule has 1 N–H and O–H groups in total. The van der Waals surface area contributed by atoms with E-state index in [0.29, 0.717) is 37.4 Å². The molecule has 150 valence electrons. The Hall–Kier alpha value is -2.51. The summed E-state index contributed by atoms with van der Waals surface area (Å²) >= 11 is 3.09. The molecule has 1 aliphatic heterocycles. The van der Waals surface area contributed by atoms with Gasteiger partial charge in [0.05, 0.1) is 10.6 Å². The Morgan fingerprint density at radius 3 is 2.59 bits per heavy atom. The zero-order valence-electron chi connectivity index (χ0n) is 16.3. The molecule has 0 unspecified atom stereocenters. The fourth-order valence-corrected chi connectivity index (χ4v) is 5.35. The largest absolute Gasteiger partial charge is 0.352 e. The molecule has 1 saturated heterocycles. The second-order valence-corrected chi connectivity index (χ2v) is 9.13. The first-order valence-electron chi connectivity index (χ1n) is 9.74. The van der Waals surface area contributed by atoms with E-state index in [1.54, 1.807) is 11.3 Å². The highest BCUT2D eigenvalue weighted by Crippen LogP contribution is 2.32. The quantitative estimate of drug-likeness (QED) is 0.661. The van der Waals surface area contributed by atoms with Crippen LogP contribution in [-0.4, -0.2) is 34.8 Å². The van der Waals surface area contributed by atoms with E-state index in [-0.39, 0.29) is 17.7 Å². The lowest BCUT2D eigenvalue weighted by molar-refractivity contribution is -0.126. The van der Waals surface area contributed by atoms with Crippen LogP contribution >= 0.6 is 22.7 Å². The van der Waals surface area contributed by atoms with Gasteiger partial charge in [0.15, 0.2) is 0 Å². The van der Waals surface area contributed by atoms with Gasteiger partial charge in [-0.3, -0.25) is 9.59 Å². The van der Waals surface area contributed by atoms with Crippen LogP contribution in [-0.2, 0) is 11.3 Å². The maximum absolute atomic E-state index is 13.0. The highest BCUT2D eigenvalue weighted by atomic mass is 32.1. The van der Waals surface area contributed by atoms with Gasteiger partial charge in [-0.15, -0.1) is 22.7 Å². The third kappa shape index (κ3) is 4.57. The monoisotopic (exact) mass is 425 g/mol. The fraction of sp³-hybridized carbons (Fsp3) is 0.318. The van der Waals surface area contributed by atoms with Gasteiger partial charge < -0.3 is 10.2 Å². The van der Waals surface area contributed by atoms with Crippen molar-refractivity contribution in [2.45, 2.75) is 26.3 Å². The lowest BCUT2D eigenvalue weighted by Crippen LogP contribution is -2.42. The van der Waals surface area contributed by atoms with Crippen molar-refractivity contribution in [1.29, 1.82) is 0 Å². The topological polar surface area (TPSA) is 62.3 Å². The smallest absolute Gasteiger partial charge is 0.265 e. The number of thiazole rings is 1. The van der Waals surface area contributed by atoms with Gasteiger partial charge in [-0.1, -0.05) is 36.4 Å². The van der Waals surface area contributed by atoms with Crippen LogP contribution < -0.4 is 5.32 Å². The highest BCUT2D eigenvalue weighted by molar-refractivity contribution is 7.22. The predicted molar refractivity (Wildman–Crippen MR) is 117 cm³/mol. The Kier molecular flexibility index (Phi) is 6.06. The van der Waals surface area contributed by atoms with Crippen molar-refractivity contribution in [3.05, 3.63) is 64.0 Å². The van der Waals surface area contributed by atoms with E-state index in [1.807, 2.05) is 59.7 Å². The second kappa shape index (κ2) is 8.88. The SMILES string of the molecule is Cc1nc(-c2cccs2)sc1C(=O)N1CCC(C(=O)NCc2ccccc2)CC1. The minimum atomic E-state index is -0.0352. The second-order valence-electron chi connectivity index (χ2n) is 7.18. The normalized spacial score (nSPS) is 14.7. The molecule has 0 bridgehead atoms. The Balaban J connectivity index is 1.32. The number of aromatic nitrogens is 1. The number of nitrogens with one attached hydrogen (secondary N) is 1. The summed E-state index contributed by atoms with van der Waals surface area (Å²) in [7, 11) is 0. The van der Waals surface area contributed by atoms with Crippen molar-refractivity contribution in [3.63, 3.8) is 0 Å². The zero-order chi connectivity index (χ0) is 20.2. The number of benzene rings is 1. The number of thiophene rings is 1. The van der Waals surface area contributed by atoms with Crippen molar-refractivity contribution in [2.75, 3.05) is 13.1 Å². The average Bonchev–Trinajstić information content (AvgIpc) is 3.42. The summed E-state index contributed by atoms with van der Waals surface area (Å²) in [6, 6.07) is 13.9. The Morgan fingerprint density at radius 2 is 1.90 bits per heavy atom. The molecule has 0 radical (unpaired) electrons. The van der Waals surface area contributed by atoms with E-state index in [4.69, 9.17) is 0 Å². The van der Waals surface area contributed by atoms with Crippen LogP contribution in [0.4, 0.5) is 0 Å². The maximum atomic E-state index is 13.0. The molecule has 3 aromatic rings. The number of rotatable bonds is 5. The van der Waals surface area contributed by atoms with Gasteiger partial charge in [0.2, 0.25) is 5.91 Å². The summed E-state index contributed by atoms with van der Waals surface area (Å²) in [6.07, 6.45) is 1.39. The molecule has 1 fully saturated rings. The molecule has 5 nitrogen and oxygen atoms in total. The highest BCUT2D eigenvalue weighted by Gasteiger charge is 2.29. The lowest BCUT2D eigenvalue weighted by atomic mass is 9.95. The molecule has 29 heavy (non-hydrogen) atoms. The average molecular weight is 426 g/mol. The van der Waals surface area contributed by atoms with Gasteiger partial charge in [0.25, 0.3) is 5.91 Å². The number of carbonyl (C=O) groups excluding carboxylic acids is 2. The van der Waals surface area contributed by atoms with Crippen LogP contribution in [0.5, 0.6) is 0 Å². The number of nitrogens with zero attached hydrogens (tertiary/aromatic N) is 2. The number of amides is 2. The third-order valence-electron chi connectivity index (χ3n) is 5.19. The Morgan fingerprint density at radius 1 is 1.14 bits per heavy atom. The van der Waals surface area contributed by atoms with Crippen LogP contribution in [0.15, 0.2) is 47.8 Å². The van der Waals surface area contributed by atoms with Gasteiger partial charge in [-0.05, 0) is 36.8 Å². The van der Waals surface area contributed by atoms with E-state index in [1.165, 1.54) is 11.3 Å². The van der Waals surface area contributed by atoms with E-state index in [9.17, 15) is 9.59 Å². The maximum Gasteiger partial charge on any atom is 0.265 e. The first kappa shape index (κ1) is 19.8. The molecule has 2 amide bonds. The van der Waals surface area contributed by atoms with Crippen LogP contribution in [0.25, 0.3) is 9.88 Å². The number of likely N-dealkylation sites (tertiary alicyclic amines) is 1. The number of aryl methyl sites for hydroxylation is 1. The molecular weight excluding hydrogens is 402 g/mol. The fourth-order valence-electron chi connectivity index (χ4n) is 3.52. The van der Waals surface area contributed by atoms with E-state index >= 15 is 0 Å². The molecule has 3 heterocycles. The molecule has 0 atom stereocenters. The van der Waals surface area contributed by atoms with Crippen molar-refractivity contribution >= 4 is 34.5 Å². The minimum absolute atomic E-state index is 0.0333. The first-order chi connectivity index (χ1) is 14.1. The first-order valence-corrected chi connectivity index (χ1v) is 11.4. The zero-order valence-corrected chi connectivity index (χ0v) is 17.9. The van der Waals surface area contributed by atoms with Crippen LogP contribution in [0.2, 0.25) is 0 Å². The van der Waals surface area contributed by atoms with Crippen molar-refractivity contribution in [2.24, 2.45) is 5.92 Å². The number of carbonyl (C=O) groups is 2. The van der Waals surface area contributed by atoms with Crippen molar-refractivity contribution in [1.82, 2.24) is 15.2 Å². The molecule has 1 aromatic carbocycles. The van der Waals surface area contributed by atoms with Gasteiger partial charge in [0.1, 0.15) is 9.88 Å². The number of piperidine rings is 1. The molecule has 0 saturated carbocycles. The van der Waals surface area contributed by atoms with Crippen LogP contribution in [0.3, 0.4) is 0 Å². The van der Waals surface area contributed by atoms with Gasteiger partial charge >= 0.3 is 0 Å². The molecule has 1 aliphatic rings. The van der Waals surface area contributed by atoms with E-state index < -0.39 is 0 Å². The lowest BCUT2D eigenvalue weighted by Gasteiger charge is -2.31. The summed E-state index contributed by atoms with van der Waals surface area (Å²) in [5.74, 6) is 0.0767. The van der Waals surface area contributed by atoms with E-state index in [0.717, 1.165) is 21.1 Å². The summed E-state index contributed by atoms with van der Waals surface area (Å²) in [6.45, 7) is 3.65. The van der Waals surface area contributed by atoms with Gasteiger partial charge in [-0.2, -0.15) is 0 Å².